The molecule has 0 bridgehead atoms. The van der Waals surface area contributed by atoms with Gasteiger partial charge in [0.15, 0.2) is 6.61 Å². The monoisotopic (exact) mass is 342 g/mol. The van der Waals surface area contributed by atoms with Crippen LogP contribution in [0.5, 0.6) is 5.75 Å². The first kappa shape index (κ1) is 15.9. The minimum Gasteiger partial charge on any atom is -0.484 e. The summed E-state index contributed by atoms with van der Waals surface area (Å²) in [6.45, 7) is 0.0623. The van der Waals surface area contributed by atoms with E-state index in [1.807, 2.05) is 30.3 Å². The number of rotatable bonds is 6. The van der Waals surface area contributed by atoms with E-state index in [0.717, 1.165) is 0 Å². The fraction of sp³-hybridized carbons (Fsp3) is 0.125. The third kappa shape index (κ3) is 4.26. The summed E-state index contributed by atoms with van der Waals surface area (Å²) in [4.78, 5) is 16.1. The molecule has 0 fully saturated rings. The van der Waals surface area contributed by atoms with Crippen molar-refractivity contribution >= 4 is 23.9 Å². The summed E-state index contributed by atoms with van der Waals surface area (Å²) in [6.07, 6.45) is 1.59. The van der Waals surface area contributed by atoms with Crippen LogP contribution in [0, 0.1) is 4.84 Å². The lowest BCUT2D eigenvalue weighted by Crippen LogP contribution is -2.20. The average molecular weight is 342 g/mol. The molecular formula is C16H14N4O3S. The van der Waals surface area contributed by atoms with Gasteiger partial charge in [0, 0.05) is 6.20 Å². The van der Waals surface area contributed by atoms with Crippen LogP contribution < -0.4 is 10.1 Å². The Bertz CT molecular complexity index is 862. The molecule has 8 heteroatoms. The van der Waals surface area contributed by atoms with Crippen LogP contribution in [0.3, 0.4) is 0 Å². The number of nitrogens with one attached hydrogen (secondary N) is 1. The highest BCUT2D eigenvalue weighted by atomic mass is 32.1. The van der Waals surface area contributed by atoms with Crippen molar-refractivity contribution in [2.45, 2.75) is 13.2 Å². The maximum atomic E-state index is 12.0. The van der Waals surface area contributed by atoms with Crippen molar-refractivity contribution < 1.29 is 13.9 Å². The van der Waals surface area contributed by atoms with E-state index in [1.165, 1.54) is 4.68 Å². The van der Waals surface area contributed by atoms with Crippen molar-refractivity contribution in [3.05, 3.63) is 65.5 Å². The van der Waals surface area contributed by atoms with Gasteiger partial charge in [0.1, 0.15) is 18.1 Å². The van der Waals surface area contributed by atoms with E-state index in [2.05, 4.69) is 15.4 Å². The molecule has 0 aliphatic heterocycles. The topological polar surface area (TPSA) is 82.2 Å². The summed E-state index contributed by atoms with van der Waals surface area (Å²) in [5, 5.41) is 6.80. The second kappa shape index (κ2) is 7.51. The quantitative estimate of drug-likeness (QED) is 0.694. The summed E-state index contributed by atoms with van der Waals surface area (Å²) < 4.78 is 12.2. The Morgan fingerprint density at radius 3 is 2.75 bits per heavy atom. The number of aromatic nitrogens is 3. The van der Waals surface area contributed by atoms with E-state index in [-0.39, 0.29) is 23.9 Å². The minimum atomic E-state index is -0.298. The van der Waals surface area contributed by atoms with Gasteiger partial charge < -0.3 is 14.5 Å². The van der Waals surface area contributed by atoms with Crippen LogP contribution in [0.15, 0.2) is 59.1 Å². The van der Waals surface area contributed by atoms with Crippen molar-refractivity contribution in [3.63, 3.8) is 0 Å². The molecule has 122 valence electrons. The third-order valence-corrected chi connectivity index (χ3v) is 3.27. The molecule has 0 aliphatic rings. The molecule has 7 nitrogen and oxygen atoms in total. The summed E-state index contributed by atoms with van der Waals surface area (Å²) in [5.41, 5.74) is 0. The van der Waals surface area contributed by atoms with E-state index in [0.29, 0.717) is 17.5 Å². The predicted molar refractivity (Wildman–Crippen MR) is 89.0 cm³/mol. The number of carbonyl (C=O) groups excluding carboxylic acids is 1. The maximum absolute atomic E-state index is 12.0. The van der Waals surface area contributed by atoms with Gasteiger partial charge >= 0.3 is 0 Å². The molecule has 0 unspecified atom stereocenters. The van der Waals surface area contributed by atoms with Crippen molar-refractivity contribution in [2.24, 2.45) is 0 Å². The summed E-state index contributed by atoms with van der Waals surface area (Å²) in [5.74, 6) is 1.16. The van der Waals surface area contributed by atoms with E-state index in [9.17, 15) is 4.79 Å². The Morgan fingerprint density at radius 1 is 1.21 bits per heavy atom. The molecule has 3 rings (SSSR count). The number of benzene rings is 1. The predicted octanol–water partition coefficient (Wildman–Crippen LogP) is 2.82. The first-order valence-corrected chi connectivity index (χ1v) is 7.57. The number of pyridine rings is 1. The summed E-state index contributed by atoms with van der Waals surface area (Å²) in [6, 6.07) is 14.5. The minimum absolute atomic E-state index is 0.0652. The molecule has 1 amide bonds. The molecule has 2 heterocycles. The van der Waals surface area contributed by atoms with E-state index >= 15 is 0 Å². The number of hydrogen-bond donors (Lipinski definition) is 1. The van der Waals surface area contributed by atoms with Crippen LogP contribution in [-0.2, 0) is 17.9 Å². The SMILES string of the molecule is O=C(Cn1nc(COc2ccccc2)oc1=S)Nc1ccccn1. The van der Waals surface area contributed by atoms with Crippen LogP contribution in [0.1, 0.15) is 5.89 Å². The number of anilines is 1. The first-order valence-electron chi connectivity index (χ1n) is 7.16. The lowest BCUT2D eigenvalue weighted by atomic mass is 10.3. The Kier molecular flexibility index (Phi) is 4.97. The first-order chi connectivity index (χ1) is 11.7. The maximum Gasteiger partial charge on any atom is 0.287 e. The zero-order chi connectivity index (χ0) is 16.8. The second-order valence-electron chi connectivity index (χ2n) is 4.78. The number of carbonyl (C=O) groups is 1. The largest absolute Gasteiger partial charge is 0.484 e. The van der Waals surface area contributed by atoms with Crippen LogP contribution in [0.25, 0.3) is 0 Å². The zero-order valence-corrected chi connectivity index (χ0v) is 13.4. The molecular weight excluding hydrogens is 328 g/mol. The lowest BCUT2D eigenvalue weighted by Gasteiger charge is -2.03. The van der Waals surface area contributed by atoms with Gasteiger partial charge in [-0.2, -0.15) is 0 Å². The molecule has 1 N–H and O–H groups in total. The summed E-state index contributed by atoms with van der Waals surface area (Å²) >= 11 is 5.07. The highest BCUT2D eigenvalue weighted by Crippen LogP contribution is 2.11. The highest BCUT2D eigenvalue weighted by Gasteiger charge is 2.11. The van der Waals surface area contributed by atoms with Gasteiger partial charge in [-0.3, -0.25) is 4.79 Å². The lowest BCUT2D eigenvalue weighted by molar-refractivity contribution is -0.117. The fourth-order valence-electron chi connectivity index (χ4n) is 1.92. The van der Waals surface area contributed by atoms with Gasteiger partial charge in [-0.05, 0) is 36.5 Å². The average Bonchev–Trinajstić information content (AvgIpc) is 2.94. The number of ether oxygens (including phenoxy) is 1. The molecule has 0 radical (unpaired) electrons. The zero-order valence-electron chi connectivity index (χ0n) is 12.6. The standard InChI is InChI=1S/C16H14N4O3S/c21-14(18-13-8-4-5-9-17-13)10-20-16(24)23-15(19-20)11-22-12-6-2-1-3-7-12/h1-9H,10-11H2,(H,17,18,21). The second-order valence-corrected chi connectivity index (χ2v) is 5.13. The number of nitrogens with zero attached hydrogens (tertiary/aromatic N) is 3. The van der Waals surface area contributed by atoms with E-state index in [4.69, 9.17) is 21.4 Å². The van der Waals surface area contributed by atoms with Crippen LogP contribution >= 0.6 is 12.2 Å². The van der Waals surface area contributed by atoms with Crippen molar-refractivity contribution in [3.8, 4) is 5.75 Å². The van der Waals surface area contributed by atoms with Crippen LogP contribution in [0.4, 0.5) is 5.82 Å². The highest BCUT2D eigenvalue weighted by molar-refractivity contribution is 7.71. The van der Waals surface area contributed by atoms with E-state index < -0.39 is 0 Å². The van der Waals surface area contributed by atoms with Crippen LogP contribution in [0.2, 0.25) is 0 Å². The Morgan fingerprint density at radius 2 is 2.00 bits per heavy atom. The normalized spacial score (nSPS) is 10.3. The van der Waals surface area contributed by atoms with Crippen LogP contribution in [-0.4, -0.2) is 20.7 Å². The van der Waals surface area contributed by atoms with Gasteiger partial charge in [0.05, 0.1) is 0 Å². The molecule has 2 aromatic heterocycles. The fourth-order valence-corrected chi connectivity index (χ4v) is 2.13. The number of hydrogen-bond acceptors (Lipinski definition) is 6. The Hall–Kier alpha value is -3.00. The van der Waals surface area contributed by atoms with Gasteiger partial charge in [-0.15, -0.1) is 5.10 Å². The molecule has 0 atom stereocenters. The molecule has 1 aromatic carbocycles. The molecule has 0 spiro atoms. The van der Waals surface area contributed by atoms with E-state index in [1.54, 1.807) is 24.4 Å². The van der Waals surface area contributed by atoms with Gasteiger partial charge in [0.25, 0.3) is 10.7 Å². The van der Waals surface area contributed by atoms with Crippen molar-refractivity contribution in [2.75, 3.05) is 5.32 Å². The molecule has 24 heavy (non-hydrogen) atoms. The Labute approximate surface area is 142 Å². The molecule has 0 saturated heterocycles. The van der Waals surface area contributed by atoms with Gasteiger partial charge in [-0.1, -0.05) is 24.3 Å². The smallest absolute Gasteiger partial charge is 0.287 e. The number of para-hydroxylation sites is 1. The third-order valence-electron chi connectivity index (χ3n) is 2.98. The molecule has 3 aromatic rings. The van der Waals surface area contributed by atoms with Gasteiger partial charge in [0.2, 0.25) is 5.91 Å². The molecule has 0 saturated carbocycles. The van der Waals surface area contributed by atoms with Crippen molar-refractivity contribution in [1.82, 2.24) is 14.8 Å². The Balaban J connectivity index is 1.59. The van der Waals surface area contributed by atoms with Gasteiger partial charge in [-0.25, -0.2) is 9.67 Å². The summed E-state index contributed by atoms with van der Waals surface area (Å²) in [7, 11) is 0. The molecule has 0 aliphatic carbocycles. The number of amides is 1. The van der Waals surface area contributed by atoms with Crippen molar-refractivity contribution in [1.29, 1.82) is 0 Å².